The van der Waals surface area contributed by atoms with Crippen molar-refractivity contribution < 1.29 is 4.74 Å². The van der Waals surface area contributed by atoms with Gasteiger partial charge in [0.1, 0.15) is 11.6 Å². The van der Waals surface area contributed by atoms with Gasteiger partial charge in [-0.15, -0.1) is 0 Å². The minimum Gasteiger partial charge on any atom is -0.497 e. The highest BCUT2D eigenvalue weighted by Gasteiger charge is 2.17. The molecule has 0 unspecified atom stereocenters. The molecule has 22 heavy (non-hydrogen) atoms. The number of methoxy groups -OCH3 is 1. The lowest BCUT2D eigenvalue weighted by atomic mass is 9.99. The fourth-order valence-corrected chi connectivity index (χ4v) is 2.90. The molecule has 0 bridgehead atoms. The van der Waals surface area contributed by atoms with Crippen molar-refractivity contribution in [1.29, 1.82) is 0 Å². The molecule has 1 saturated heterocycles. The molecule has 1 aliphatic heterocycles. The van der Waals surface area contributed by atoms with E-state index in [1.165, 1.54) is 12.8 Å². The molecule has 1 aromatic heterocycles. The number of nitrogens with zero attached hydrogens (tertiary/aromatic N) is 3. The minimum atomic E-state index is 0.672. The van der Waals surface area contributed by atoms with Gasteiger partial charge in [0.15, 0.2) is 0 Å². The number of benzene rings is 1. The Kier molecular flexibility index (Phi) is 4.34. The van der Waals surface area contributed by atoms with Gasteiger partial charge in [0.2, 0.25) is 0 Å². The summed E-state index contributed by atoms with van der Waals surface area (Å²) in [4.78, 5) is 2.46. The maximum atomic E-state index is 6.12. The van der Waals surface area contributed by atoms with Crippen LogP contribution < -0.4 is 10.5 Å². The van der Waals surface area contributed by atoms with Crippen LogP contribution in [0, 0.1) is 5.92 Å². The number of nitrogens with two attached hydrogens (primary N) is 1. The van der Waals surface area contributed by atoms with Gasteiger partial charge in [-0.2, -0.15) is 5.10 Å². The van der Waals surface area contributed by atoms with E-state index < -0.39 is 0 Å². The smallest absolute Gasteiger partial charge is 0.127 e. The van der Waals surface area contributed by atoms with Gasteiger partial charge in [-0.1, -0.05) is 6.92 Å². The van der Waals surface area contributed by atoms with Crippen molar-refractivity contribution in [3.8, 4) is 11.4 Å². The van der Waals surface area contributed by atoms with Crippen molar-refractivity contribution in [3.05, 3.63) is 36.0 Å². The highest BCUT2D eigenvalue weighted by Crippen LogP contribution is 2.21. The number of piperidine rings is 1. The maximum absolute atomic E-state index is 6.12. The van der Waals surface area contributed by atoms with E-state index in [0.29, 0.717) is 5.82 Å². The molecule has 118 valence electrons. The van der Waals surface area contributed by atoms with Gasteiger partial charge in [-0.3, -0.25) is 4.90 Å². The lowest BCUT2D eigenvalue weighted by molar-refractivity contribution is 0.183. The SMILES string of the molecule is COc1ccc(-n2nc(CN3CCC(C)CC3)cc2N)cc1. The second-order valence-electron chi connectivity index (χ2n) is 6.13. The Morgan fingerprint density at radius 1 is 1.23 bits per heavy atom. The van der Waals surface area contributed by atoms with Crippen LogP contribution in [-0.2, 0) is 6.54 Å². The van der Waals surface area contributed by atoms with E-state index in [1.807, 2.05) is 30.3 Å². The largest absolute Gasteiger partial charge is 0.497 e. The van der Waals surface area contributed by atoms with E-state index >= 15 is 0 Å². The molecular formula is C17H24N4O. The number of ether oxygens (including phenoxy) is 1. The Balaban J connectivity index is 1.72. The standard InChI is InChI=1S/C17H24N4O/c1-13-7-9-20(10-8-13)12-14-11-17(18)21(19-14)15-3-5-16(22-2)6-4-15/h3-6,11,13H,7-10,12,18H2,1-2H3. The van der Waals surface area contributed by atoms with E-state index in [4.69, 9.17) is 10.5 Å². The summed E-state index contributed by atoms with van der Waals surface area (Å²) in [6, 6.07) is 9.75. The second-order valence-corrected chi connectivity index (χ2v) is 6.13. The van der Waals surface area contributed by atoms with Crippen molar-refractivity contribution in [1.82, 2.24) is 14.7 Å². The van der Waals surface area contributed by atoms with Crippen LogP contribution in [0.2, 0.25) is 0 Å². The summed E-state index contributed by atoms with van der Waals surface area (Å²) >= 11 is 0. The molecule has 2 heterocycles. The predicted molar refractivity (Wildman–Crippen MR) is 88.2 cm³/mol. The molecule has 2 aromatic rings. The molecule has 1 aromatic carbocycles. The molecule has 2 N–H and O–H groups in total. The number of rotatable bonds is 4. The van der Waals surface area contributed by atoms with Gasteiger partial charge >= 0.3 is 0 Å². The minimum absolute atomic E-state index is 0.672. The first-order valence-corrected chi connectivity index (χ1v) is 7.87. The summed E-state index contributed by atoms with van der Waals surface area (Å²) < 4.78 is 6.98. The lowest BCUT2D eigenvalue weighted by Crippen LogP contribution is -2.32. The third-order valence-electron chi connectivity index (χ3n) is 4.37. The average Bonchev–Trinajstić information content (AvgIpc) is 2.90. The fraction of sp³-hybridized carbons (Fsp3) is 0.471. The summed E-state index contributed by atoms with van der Waals surface area (Å²) in [5.74, 6) is 2.35. The normalized spacial score (nSPS) is 16.8. The van der Waals surface area contributed by atoms with E-state index in [-0.39, 0.29) is 0 Å². The molecule has 0 amide bonds. The molecule has 1 aliphatic rings. The van der Waals surface area contributed by atoms with Crippen LogP contribution in [0.25, 0.3) is 5.69 Å². The first kappa shape index (κ1) is 14.9. The zero-order chi connectivity index (χ0) is 15.5. The van der Waals surface area contributed by atoms with Crippen LogP contribution in [-0.4, -0.2) is 34.9 Å². The van der Waals surface area contributed by atoms with Gasteiger partial charge in [-0.05, 0) is 56.1 Å². The molecule has 0 saturated carbocycles. The Morgan fingerprint density at radius 3 is 2.55 bits per heavy atom. The molecule has 0 spiro atoms. The van der Waals surface area contributed by atoms with Gasteiger partial charge in [0.25, 0.3) is 0 Å². The number of hydrogen-bond donors (Lipinski definition) is 1. The zero-order valence-electron chi connectivity index (χ0n) is 13.3. The molecule has 0 radical (unpaired) electrons. The predicted octanol–water partition coefficient (Wildman–Crippen LogP) is 2.70. The van der Waals surface area contributed by atoms with E-state index in [1.54, 1.807) is 11.8 Å². The molecular weight excluding hydrogens is 276 g/mol. The quantitative estimate of drug-likeness (QED) is 0.943. The Morgan fingerprint density at radius 2 is 1.91 bits per heavy atom. The Labute approximate surface area is 131 Å². The number of hydrogen-bond acceptors (Lipinski definition) is 4. The number of likely N-dealkylation sites (tertiary alicyclic amines) is 1. The molecule has 5 heteroatoms. The van der Waals surface area contributed by atoms with E-state index in [2.05, 4.69) is 16.9 Å². The lowest BCUT2D eigenvalue weighted by Gasteiger charge is -2.29. The molecule has 0 aliphatic carbocycles. The van der Waals surface area contributed by atoms with Gasteiger partial charge in [-0.25, -0.2) is 4.68 Å². The van der Waals surface area contributed by atoms with E-state index in [0.717, 1.165) is 42.7 Å². The maximum Gasteiger partial charge on any atom is 0.127 e. The molecule has 5 nitrogen and oxygen atoms in total. The van der Waals surface area contributed by atoms with Crippen LogP contribution in [0.3, 0.4) is 0 Å². The first-order valence-electron chi connectivity index (χ1n) is 7.87. The molecule has 1 fully saturated rings. The van der Waals surface area contributed by atoms with Crippen LogP contribution in [0.15, 0.2) is 30.3 Å². The van der Waals surface area contributed by atoms with Crippen LogP contribution in [0.5, 0.6) is 5.75 Å². The van der Waals surface area contributed by atoms with Crippen molar-refractivity contribution in [3.63, 3.8) is 0 Å². The Bertz CT molecular complexity index is 612. The van der Waals surface area contributed by atoms with Gasteiger partial charge in [0.05, 0.1) is 18.5 Å². The summed E-state index contributed by atoms with van der Waals surface area (Å²) in [7, 11) is 1.66. The second kappa shape index (κ2) is 6.40. The van der Waals surface area contributed by atoms with Gasteiger partial charge < -0.3 is 10.5 Å². The number of anilines is 1. The van der Waals surface area contributed by atoms with E-state index in [9.17, 15) is 0 Å². The van der Waals surface area contributed by atoms with Crippen molar-refractivity contribution >= 4 is 5.82 Å². The third-order valence-corrected chi connectivity index (χ3v) is 4.37. The van der Waals surface area contributed by atoms with Crippen LogP contribution in [0.1, 0.15) is 25.5 Å². The van der Waals surface area contributed by atoms with Gasteiger partial charge in [0, 0.05) is 12.6 Å². The molecule has 3 rings (SSSR count). The number of aromatic nitrogens is 2. The number of nitrogen functional groups attached to an aromatic ring is 1. The van der Waals surface area contributed by atoms with Crippen molar-refractivity contribution in [2.45, 2.75) is 26.3 Å². The van der Waals surface area contributed by atoms with Crippen LogP contribution >= 0.6 is 0 Å². The Hall–Kier alpha value is -2.01. The average molecular weight is 300 g/mol. The van der Waals surface area contributed by atoms with Crippen molar-refractivity contribution in [2.75, 3.05) is 25.9 Å². The highest BCUT2D eigenvalue weighted by molar-refractivity contribution is 5.44. The monoisotopic (exact) mass is 300 g/mol. The molecule has 0 atom stereocenters. The van der Waals surface area contributed by atoms with Crippen molar-refractivity contribution in [2.24, 2.45) is 5.92 Å². The van der Waals surface area contributed by atoms with Crippen LogP contribution in [0.4, 0.5) is 5.82 Å². The fourth-order valence-electron chi connectivity index (χ4n) is 2.90. The topological polar surface area (TPSA) is 56.3 Å². The zero-order valence-corrected chi connectivity index (χ0v) is 13.3. The summed E-state index contributed by atoms with van der Waals surface area (Å²) in [6.07, 6.45) is 2.54. The summed E-state index contributed by atoms with van der Waals surface area (Å²) in [5.41, 5.74) is 8.11. The summed E-state index contributed by atoms with van der Waals surface area (Å²) in [5, 5.41) is 4.66. The third kappa shape index (κ3) is 3.25. The summed E-state index contributed by atoms with van der Waals surface area (Å²) in [6.45, 7) is 5.50. The first-order chi connectivity index (χ1) is 10.7. The highest BCUT2D eigenvalue weighted by atomic mass is 16.5.